The first kappa shape index (κ1) is 15.4. The van der Waals surface area contributed by atoms with E-state index in [0.717, 1.165) is 24.6 Å². The minimum Gasteiger partial charge on any atom is -0.393 e. The molecule has 0 rings (SSSR count). The second-order valence-electron chi connectivity index (χ2n) is 4.40. The number of hydrogen-bond acceptors (Lipinski definition) is 1. The summed E-state index contributed by atoms with van der Waals surface area (Å²) in [6.45, 7) is 2.24. The maximum Gasteiger partial charge on any atom is 0.0540 e. The first-order valence-electron chi connectivity index (χ1n) is 6.55. The van der Waals surface area contributed by atoms with Crippen molar-refractivity contribution in [1.29, 1.82) is 0 Å². The van der Waals surface area contributed by atoms with Crippen molar-refractivity contribution in [3.63, 3.8) is 0 Å². The molecule has 92 valence electrons. The molecule has 0 aliphatic carbocycles. The van der Waals surface area contributed by atoms with E-state index in [0.29, 0.717) is 0 Å². The van der Waals surface area contributed by atoms with Crippen LogP contribution in [0.25, 0.3) is 0 Å². The lowest BCUT2D eigenvalue weighted by molar-refractivity contribution is 0.148. The normalized spacial score (nSPS) is 13.0. The summed E-state index contributed by atoms with van der Waals surface area (Å²) in [6, 6.07) is 0. The smallest absolute Gasteiger partial charge is 0.0540 e. The highest BCUT2D eigenvalue weighted by Gasteiger charge is 2.02. The minimum absolute atomic E-state index is 0.0461. The maximum absolute atomic E-state index is 9.66. The Morgan fingerprint density at radius 1 is 0.867 bits per heavy atom. The molecule has 0 saturated heterocycles. The molecule has 0 fully saturated rings. The summed E-state index contributed by atoms with van der Waals surface area (Å²) in [7, 11) is 0. The summed E-state index contributed by atoms with van der Waals surface area (Å²) >= 11 is 3.41. The van der Waals surface area contributed by atoms with Crippen LogP contribution in [-0.4, -0.2) is 16.5 Å². The van der Waals surface area contributed by atoms with Crippen molar-refractivity contribution in [1.82, 2.24) is 0 Å². The molecule has 2 heteroatoms. The average Bonchev–Trinajstić information content (AvgIpc) is 2.23. The summed E-state index contributed by atoms with van der Waals surface area (Å²) in [6.07, 6.45) is 12.2. The molecule has 1 unspecified atom stereocenters. The van der Waals surface area contributed by atoms with Gasteiger partial charge in [-0.05, 0) is 19.3 Å². The van der Waals surface area contributed by atoms with Crippen LogP contribution in [0.3, 0.4) is 0 Å². The summed E-state index contributed by atoms with van der Waals surface area (Å²) in [5.41, 5.74) is 0. The van der Waals surface area contributed by atoms with Crippen LogP contribution in [0.4, 0.5) is 0 Å². The molecule has 15 heavy (non-hydrogen) atoms. The number of aliphatic hydroxyl groups is 1. The van der Waals surface area contributed by atoms with Gasteiger partial charge in [-0.25, -0.2) is 0 Å². The summed E-state index contributed by atoms with van der Waals surface area (Å²) in [5.74, 6) is 0. The standard InChI is InChI=1S/C13H27BrO/c1-2-3-4-5-6-7-10-13(15)11-8-9-12-14/h13,15H,2-12H2,1H3. The van der Waals surface area contributed by atoms with E-state index < -0.39 is 0 Å². The lowest BCUT2D eigenvalue weighted by atomic mass is 10.0. The highest BCUT2D eigenvalue weighted by Crippen LogP contribution is 2.12. The summed E-state index contributed by atoms with van der Waals surface area (Å²) in [5, 5.41) is 10.7. The minimum atomic E-state index is -0.0461. The molecule has 0 spiro atoms. The third-order valence-corrected chi connectivity index (χ3v) is 3.37. The van der Waals surface area contributed by atoms with E-state index in [1.165, 1.54) is 44.9 Å². The average molecular weight is 279 g/mol. The van der Waals surface area contributed by atoms with Gasteiger partial charge in [0, 0.05) is 5.33 Å². The zero-order chi connectivity index (χ0) is 11.4. The number of halogens is 1. The van der Waals surface area contributed by atoms with E-state index in [2.05, 4.69) is 22.9 Å². The van der Waals surface area contributed by atoms with Gasteiger partial charge in [-0.2, -0.15) is 0 Å². The van der Waals surface area contributed by atoms with E-state index in [9.17, 15) is 5.11 Å². The number of alkyl halides is 1. The van der Waals surface area contributed by atoms with E-state index in [1.54, 1.807) is 0 Å². The van der Waals surface area contributed by atoms with Gasteiger partial charge in [-0.15, -0.1) is 0 Å². The zero-order valence-electron chi connectivity index (χ0n) is 10.2. The van der Waals surface area contributed by atoms with Gasteiger partial charge >= 0.3 is 0 Å². The zero-order valence-corrected chi connectivity index (χ0v) is 11.8. The predicted molar refractivity (Wildman–Crippen MR) is 71.6 cm³/mol. The molecule has 0 amide bonds. The molecule has 1 N–H and O–H groups in total. The van der Waals surface area contributed by atoms with Gasteiger partial charge in [0.05, 0.1) is 6.10 Å². The lowest BCUT2D eigenvalue weighted by Crippen LogP contribution is -2.05. The SMILES string of the molecule is CCCCCCCCC(O)CCCCBr. The van der Waals surface area contributed by atoms with Crippen molar-refractivity contribution >= 4 is 15.9 Å². The van der Waals surface area contributed by atoms with Gasteiger partial charge in [0.2, 0.25) is 0 Å². The third kappa shape index (κ3) is 12.4. The highest BCUT2D eigenvalue weighted by atomic mass is 79.9. The van der Waals surface area contributed by atoms with Gasteiger partial charge < -0.3 is 5.11 Å². The molecule has 1 atom stereocenters. The van der Waals surface area contributed by atoms with Crippen LogP contribution in [0.2, 0.25) is 0 Å². The van der Waals surface area contributed by atoms with Crippen LogP contribution in [0.5, 0.6) is 0 Å². The number of rotatable bonds is 11. The van der Waals surface area contributed by atoms with Crippen molar-refractivity contribution in [3.05, 3.63) is 0 Å². The molecule has 0 aliphatic heterocycles. The molecule has 1 nitrogen and oxygen atoms in total. The Morgan fingerprint density at radius 3 is 2.00 bits per heavy atom. The Labute approximate surface area is 104 Å². The highest BCUT2D eigenvalue weighted by molar-refractivity contribution is 9.09. The topological polar surface area (TPSA) is 20.2 Å². The maximum atomic E-state index is 9.66. The van der Waals surface area contributed by atoms with Crippen molar-refractivity contribution in [3.8, 4) is 0 Å². The van der Waals surface area contributed by atoms with Crippen LogP contribution >= 0.6 is 15.9 Å². The monoisotopic (exact) mass is 278 g/mol. The van der Waals surface area contributed by atoms with Crippen LogP contribution in [-0.2, 0) is 0 Å². The number of aliphatic hydroxyl groups excluding tert-OH is 1. The molecule has 0 saturated carbocycles. The van der Waals surface area contributed by atoms with Gasteiger partial charge in [0.1, 0.15) is 0 Å². The lowest BCUT2D eigenvalue weighted by Gasteiger charge is -2.09. The quantitative estimate of drug-likeness (QED) is 0.430. The molecular formula is C13H27BrO. The van der Waals surface area contributed by atoms with E-state index >= 15 is 0 Å². The number of hydrogen-bond donors (Lipinski definition) is 1. The van der Waals surface area contributed by atoms with Crippen molar-refractivity contribution in [2.75, 3.05) is 5.33 Å². The van der Waals surface area contributed by atoms with Gasteiger partial charge in [0.25, 0.3) is 0 Å². The third-order valence-electron chi connectivity index (χ3n) is 2.81. The fourth-order valence-corrected chi connectivity index (χ4v) is 2.18. The molecule has 0 aliphatic rings. The Kier molecular flexibility index (Phi) is 12.9. The van der Waals surface area contributed by atoms with E-state index in [1.807, 2.05) is 0 Å². The van der Waals surface area contributed by atoms with Gasteiger partial charge in [-0.3, -0.25) is 0 Å². The van der Waals surface area contributed by atoms with Crippen molar-refractivity contribution in [2.24, 2.45) is 0 Å². The van der Waals surface area contributed by atoms with E-state index in [4.69, 9.17) is 0 Å². The van der Waals surface area contributed by atoms with Crippen LogP contribution in [0.15, 0.2) is 0 Å². The molecule has 0 aromatic heterocycles. The Morgan fingerprint density at radius 2 is 1.40 bits per heavy atom. The Bertz CT molecular complexity index is 117. The first-order chi connectivity index (χ1) is 7.31. The van der Waals surface area contributed by atoms with Crippen molar-refractivity contribution < 1.29 is 5.11 Å². The van der Waals surface area contributed by atoms with Crippen LogP contribution in [0, 0.1) is 0 Å². The molecule has 0 aromatic rings. The van der Waals surface area contributed by atoms with Gasteiger partial charge in [-0.1, -0.05) is 67.8 Å². The Hall–Kier alpha value is 0.440. The second kappa shape index (κ2) is 12.5. The van der Waals surface area contributed by atoms with Crippen molar-refractivity contribution in [2.45, 2.75) is 77.2 Å². The molecular weight excluding hydrogens is 252 g/mol. The molecule has 0 aromatic carbocycles. The summed E-state index contributed by atoms with van der Waals surface area (Å²) in [4.78, 5) is 0. The second-order valence-corrected chi connectivity index (χ2v) is 5.19. The first-order valence-corrected chi connectivity index (χ1v) is 7.67. The largest absolute Gasteiger partial charge is 0.393 e. The fourth-order valence-electron chi connectivity index (χ4n) is 1.78. The van der Waals surface area contributed by atoms with Gasteiger partial charge in [0.15, 0.2) is 0 Å². The Balaban J connectivity index is 3.06. The predicted octanol–water partition coefficient (Wildman–Crippen LogP) is 4.66. The fraction of sp³-hybridized carbons (Fsp3) is 1.00. The molecule has 0 radical (unpaired) electrons. The number of unbranched alkanes of at least 4 members (excludes halogenated alkanes) is 6. The van der Waals surface area contributed by atoms with E-state index in [-0.39, 0.29) is 6.10 Å². The van der Waals surface area contributed by atoms with Crippen LogP contribution < -0.4 is 0 Å². The van der Waals surface area contributed by atoms with Crippen LogP contribution in [0.1, 0.15) is 71.1 Å². The molecule has 0 bridgehead atoms. The summed E-state index contributed by atoms with van der Waals surface area (Å²) < 4.78 is 0. The molecule has 0 heterocycles.